The van der Waals surface area contributed by atoms with Gasteiger partial charge in [-0.05, 0) is 0 Å². The van der Waals surface area contributed by atoms with Crippen LogP contribution < -0.4 is 0 Å². The van der Waals surface area contributed by atoms with Crippen molar-refractivity contribution in [3.05, 3.63) is 31.2 Å². The Hall–Kier alpha value is 0.220. The fraction of sp³-hybridized carbons (Fsp3) is 0.667. The normalized spacial score (nSPS) is 12.7. The second-order valence-electron chi connectivity index (χ2n) is 7.84. The van der Waals surface area contributed by atoms with Crippen molar-refractivity contribution in [3.63, 3.8) is 0 Å². The van der Waals surface area contributed by atoms with Crippen LogP contribution in [0.1, 0.15) is 38.8 Å². The zero-order chi connectivity index (χ0) is 20.1. The lowest BCUT2D eigenvalue weighted by molar-refractivity contribution is 0.0189. The highest BCUT2D eigenvalue weighted by molar-refractivity contribution is 6.48. The first-order valence-corrected chi connectivity index (χ1v) is 9.68. The van der Waals surface area contributed by atoms with Gasteiger partial charge < -0.3 is 19.7 Å². The molecule has 0 heterocycles. The Balaban J connectivity index is 2.92. The van der Waals surface area contributed by atoms with E-state index >= 15 is 0 Å². The van der Waals surface area contributed by atoms with Crippen molar-refractivity contribution < 1.29 is 19.7 Å². The molecule has 1 rings (SSSR count). The van der Waals surface area contributed by atoms with Gasteiger partial charge in [0.05, 0.1) is 59.7 Å². The molecule has 0 spiro atoms. The van der Waals surface area contributed by atoms with E-state index in [1.165, 1.54) is 0 Å². The lowest BCUT2D eigenvalue weighted by Crippen LogP contribution is -2.23. The van der Waals surface area contributed by atoms with Gasteiger partial charge in [0.1, 0.15) is 0 Å². The molecule has 0 aliphatic rings. The number of hydrogen-bond acceptors (Lipinski definition) is 4. The number of benzene rings is 1. The molecule has 2 N–H and O–H groups in total. The summed E-state index contributed by atoms with van der Waals surface area (Å²) in [6.07, 6.45) is 0. The highest BCUT2D eigenvalue weighted by Gasteiger charge is 2.23. The highest BCUT2D eigenvalue weighted by atomic mass is 35.5. The van der Waals surface area contributed by atoms with Gasteiger partial charge in [-0.15, -0.1) is 0 Å². The van der Waals surface area contributed by atoms with Crippen molar-refractivity contribution in [1.29, 1.82) is 0 Å². The molecule has 0 saturated carbocycles. The molecule has 0 aromatic heterocycles. The highest BCUT2D eigenvalue weighted by Crippen LogP contribution is 2.42. The quantitative estimate of drug-likeness (QED) is 0.473. The largest absolute Gasteiger partial charge is 0.396 e. The Kier molecular flexibility index (Phi) is 9.45. The number of ether oxygens (including phenoxy) is 2. The van der Waals surface area contributed by atoms with E-state index in [4.69, 9.17) is 55.9 Å². The van der Waals surface area contributed by atoms with Crippen LogP contribution in [0.3, 0.4) is 0 Å². The van der Waals surface area contributed by atoms with Crippen molar-refractivity contribution in [2.45, 2.75) is 40.9 Å². The minimum absolute atomic E-state index is 0.00353. The van der Waals surface area contributed by atoms with E-state index < -0.39 is 0 Å². The minimum atomic E-state index is -0.375. The van der Waals surface area contributed by atoms with Gasteiger partial charge in [-0.25, -0.2) is 0 Å². The Labute approximate surface area is 175 Å². The van der Waals surface area contributed by atoms with Crippen LogP contribution in [-0.2, 0) is 22.7 Å². The molecule has 0 aliphatic carbocycles. The average molecular weight is 448 g/mol. The molecule has 0 atom stereocenters. The first kappa shape index (κ1) is 24.3. The van der Waals surface area contributed by atoms with E-state index in [1.807, 2.05) is 27.7 Å². The molecule has 0 saturated heterocycles. The maximum Gasteiger partial charge on any atom is 0.0747 e. The summed E-state index contributed by atoms with van der Waals surface area (Å²) in [6.45, 7) is 8.41. The second kappa shape index (κ2) is 10.1. The lowest BCUT2D eigenvalue weighted by Gasteiger charge is -2.23. The van der Waals surface area contributed by atoms with Gasteiger partial charge in [-0.1, -0.05) is 74.1 Å². The number of rotatable bonds is 10. The Morgan fingerprint density at radius 1 is 0.654 bits per heavy atom. The van der Waals surface area contributed by atoms with Gasteiger partial charge in [0.15, 0.2) is 0 Å². The number of aliphatic hydroxyl groups excluding tert-OH is 2. The second-order valence-corrected chi connectivity index (χ2v) is 9.36. The fourth-order valence-corrected chi connectivity index (χ4v) is 3.08. The SMILES string of the molecule is CC(C)(CO)COCc1c(Cl)c(Cl)c(COCC(C)(C)CO)c(Cl)c1Cl. The van der Waals surface area contributed by atoms with E-state index in [2.05, 4.69) is 0 Å². The minimum Gasteiger partial charge on any atom is -0.396 e. The van der Waals surface area contributed by atoms with Crippen LogP contribution in [0.4, 0.5) is 0 Å². The Morgan fingerprint density at radius 2 is 0.923 bits per heavy atom. The Morgan fingerprint density at radius 3 is 1.15 bits per heavy atom. The van der Waals surface area contributed by atoms with Crippen molar-refractivity contribution in [3.8, 4) is 0 Å². The van der Waals surface area contributed by atoms with E-state index in [9.17, 15) is 10.2 Å². The zero-order valence-electron chi connectivity index (χ0n) is 15.5. The van der Waals surface area contributed by atoms with E-state index in [-0.39, 0.29) is 57.3 Å². The van der Waals surface area contributed by atoms with Gasteiger partial charge in [-0.3, -0.25) is 0 Å². The number of hydrogen-bond donors (Lipinski definition) is 2. The molecule has 0 fully saturated rings. The molecule has 150 valence electrons. The summed E-state index contributed by atoms with van der Waals surface area (Å²) in [5.74, 6) is 0. The molecular formula is C18H26Cl4O4. The number of halogens is 4. The number of aliphatic hydroxyl groups is 2. The summed E-state index contributed by atoms with van der Waals surface area (Å²) in [4.78, 5) is 0. The zero-order valence-corrected chi connectivity index (χ0v) is 18.5. The molecule has 1 aromatic rings. The van der Waals surface area contributed by atoms with Crippen LogP contribution in [0.25, 0.3) is 0 Å². The first-order valence-electron chi connectivity index (χ1n) is 8.16. The molecule has 0 amide bonds. The lowest BCUT2D eigenvalue weighted by atomic mass is 9.96. The summed E-state index contributed by atoms with van der Waals surface area (Å²) in [7, 11) is 0. The third kappa shape index (κ3) is 6.68. The fourth-order valence-electron chi connectivity index (χ4n) is 1.93. The van der Waals surface area contributed by atoms with E-state index in [1.54, 1.807) is 0 Å². The molecule has 26 heavy (non-hydrogen) atoms. The Bertz CT molecular complexity index is 536. The van der Waals surface area contributed by atoms with Gasteiger partial charge >= 0.3 is 0 Å². The average Bonchev–Trinajstić information content (AvgIpc) is 2.59. The topological polar surface area (TPSA) is 58.9 Å². The van der Waals surface area contributed by atoms with Crippen molar-refractivity contribution in [1.82, 2.24) is 0 Å². The van der Waals surface area contributed by atoms with Gasteiger partial charge in [0, 0.05) is 22.0 Å². The van der Waals surface area contributed by atoms with E-state index in [0.29, 0.717) is 24.3 Å². The van der Waals surface area contributed by atoms with Gasteiger partial charge in [-0.2, -0.15) is 0 Å². The molecule has 0 bridgehead atoms. The van der Waals surface area contributed by atoms with Crippen LogP contribution in [0, 0.1) is 10.8 Å². The summed E-state index contributed by atoms with van der Waals surface area (Å²) in [5.41, 5.74) is 0.243. The predicted octanol–water partition coefficient (Wildman–Crippen LogP) is 5.37. The van der Waals surface area contributed by atoms with Crippen LogP contribution >= 0.6 is 46.4 Å². The van der Waals surface area contributed by atoms with Crippen molar-refractivity contribution >= 4 is 46.4 Å². The molecular weight excluding hydrogens is 422 g/mol. The summed E-state index contributed by atoms with van der Waals surface area (Å²) in [6, 6.07) is 0. The standard InChI is InChI=1S/C18H26Cl4O4/c1-17(2,7-23)9-25-5-11-13(19)15(21)12(16(22)14(11)20)6-26-10-18(3,4)8-24/h23-24H,5-10H2,1-4H3. The maximum absolute atomic E-state index is 9.28. The monoisotopic (exact) mass is 446 g/mol. The van der Waals surface area contributed by atoms with Crippen LogP contribution in [0.2, 0.25) is 20.1 Å². The molecule has 1 aromatic carbocycles. The van der Waals surface area contributed by atoms with Crippen molar-refractivity contribution in [2.24, 2.45) is 10.8 Å². The van der Waals surface area contributed by atoms with E-state index in [0.717, 1.165) is 0 Å². The summed E-state index contributed by atoms with van der Waals surface area (Å²) < 4.78 is 11.2. The molecule has 0 unspecified atom stereocenters. The van der Waals surface area contributed by atoms with Crippen LogP contribution in [-0.4, -0.2) is 36.6 Å². The van der Waals surface area contributed by atoms with Crippen molar-refractivity contribution in [2.75, 3.05) is 26.4 Å². The first-order chi connectivity index (χ1) is 12.0. The van der Waals surface area contributed by atoms with Gasteiger partial charge in [0.25, 0.3) is 0 Å². The molecule has 8 heteroatoms. The molecule has 4 nitrogen and oxygen atoms in total. The molecule has 0 aliphatic heterocycles. The van der Waals surface area contributed by atoms with Crippen LogP contribution in [0.15, 0.2) is 0 Å². The predicted molar refractivity (Wildman–Crippen MR) is 108 cm³/mol. The maximum atomic E-state index is 9.28. The third-order valence-corrected chi connectivity index (χ3v) is 5.64. The summed E-state index contributed by atoms with van der Waals surface area (Å²) in [5, 5.41) is 19.6. The smallest absolute Gasteiger partial charge is 0.0747 e. The summed E-state index contributed by atoms with van der Waals surface area (Å²) >= 11 is 25.4. The molecule has 0 radical (unpaired) electrons. The van der Waals surface area contributed by atoms with Crippen LogP contribution in [0.5, 0.6) is 0 Å². The van der Waals surface area contributed by atoms with Gasteiger partial charge in [0.2, 0.25) is 0 Å². The third-order valence-electron chi connectivity index (χ3n) is 3.78.